The van der Waals surface area contributed by atoms with Crippen molar-refractivity contribution in [2.75, 3.05) is 0 Å². The van der Waals surface area contributed by atoms with Gasteiger partial charge in [0.05, 0.1) is 5.92 Å². The predicted molar refractivity (Wildman–Crippen MR) is 107 cm³/mol. The number of carboxylic acids is 1. The van der Waals surface area contributed by atoms with Crippen LogP contribution in [0.2, 0.25) is 0 Å². The van der Waals surface area contributed by atoms with Crippen LogP contribution in [0, 0.1) is 11.8 Å². The first-order valence-corrected chi connectivity index (χ1v) is 9.97. The van der Waals surface area contributed by atoms with Crippen molar-refractivity contribution in [2.24, 2.45) is 11.8 Å². The largest absolute Gasteiger partial charge is 0.481 e. The van der Waals surface area contributed by atoms with E-state index in [1.807, 2.05) is 36.4 Å². The Balaban J connectivity index is 1.52. The first kappa shape index (κ1) is 19.2. The highest BCUT2D eigenvalue weighted by Crippen LogP contribution is 2.50. The number of benzene rings is 2. The Morgan fingerprint density at radius 1 is 1.03 bits per heavy atom. The Bertz CT molecular complexity index is 875. The van der Waals surface area contributed by atoms with E-state index in [4.69, 9.17) is 0 Å². The van der Waals surface area contributed by atoms with E-state index in [1.165, 1.54) is 11.1 Å². The Morgan fingerprint density at radius 2 is 1.62 bits per heavy atom. The molecule has 3 atom stereocenters. The molecule has 2 fully saturated rings. The van der Waals surface area contributed by atoms with Crippen molar-refractivity contribution in [2.45, 2.75) is 37.1 Å². The van der Waals surface area contributed by atoms with Crippen molar-refractivity contribution in [1.29, 1.82) is 0 Å². The molecule has 1 saturated carbocycles. The van der Waals surface area contributed by atoms with Gasteiger partial charge in [0, 0.05) is 11.8 Å². The maximum absolute atomic E-state index is 12.6. The van der Waals surface area contributed by atoms with Gasteiger partial charge >= 0.3 is 12.0 Å². The van der Waals surface area contributed by atoms with E-state index in [2.05, 4.69) is 34.9 Å². The molecule has 6 heteroatoms. The number of carbonyl (C=O) groups is 3. The summed E-state index contributed by atoms with van der Waals surface area (Å²) in [6, 6.07) is 19.9. The molecule has 0 spiro atoms. The standard InChI is InChI=1S/C23H24N2O4/c26-20(27)18-14-19(18)23(21(28)24-22(29)25-23)13-7-12-17(15-8-3-1-4-9-15)16-10-5-2-6-11-16/h1-6,8-11,17-19H,7,12-14H2,(H,26,27)(H2,24,25,28,29)/t18-,19-,23?/m0/s1. The highest BCUT2D eigenvalue weighted by atomic mass is 16.4. The zero-order valence-electron chi connectivity index (χ0n) is 16.0. The fraction of sp³-hybridized carbons (Fsp3) is 0.348. The summed E-state index contributed by atoms with van der Waals surface area (Å²) < 4.78 is 0. The van der Waals surface area contributed by atoms with Gasteiger partial charge in [-0.15, -0.1) is 0 Å². The minimum Gasteiger partial charge on any atom is -0.481 e. The second kappa shape index (κ2) is 7.70. The van der Waals surface area contributed by atoms with Crippen molar-refractivity contribution in [3.05, 3.63) is 71.8 Å². The van der Waals surface area contributed by atoms with E-state index in [1.54, 1.807) is 0 Å². The summed E-state index contributed by atoms with van der Waals surface area (Å²) in [4.78, 5) is 35.8. The Kier molecular flexibility index (Phi) is 5.09. The third-order valence-electron chi connectivity index (χ3n) is 6.18. The molecule has 2 aromatic carbocycles. The van der Waals surface area contributed by atoms with Crippen molar-refractivity contribution in [1.82, 2.24) is 10.6 Å². The Labute approximate surface area is 169 Å². The number of rotatable bonds is 8. The lowest BCUT2D eigenvalue weighted by Crippen LogP contribution is -2.50. The molecule has 6 nitrogen and oxygen atoms in total. The van der Waals surface area contributed by atoms with Gasteiger partial charge in [-0.25, -0.2) is 4.79 Å². The summed E-state index contributed by atoms with van der Waals surface area (Å²) in [5.74, 6) is -2.05. The van der Waals surface area contributed by atoms with Gasteiger partial charge in [-0.1, -0.05) is 60.7 Å². The Hall–Kier alpha value is -3.15. The van der Waals surface area contributed by atoms with Gasteiger partial charge in [-0.3, -0.25) is 14.9 Å². The number of urea groups is 1. The molecule has 1 saturated heterocycles. The summed E-state index contributed by atoms with van der Waals surface area (Å²) in [5, 5.41) is 14.4. The normalized spacial score (nSPS) is 25.6. The first-order chi connectivity index (χ1) is 14.0. The second-order valence-electron chi connectivity index (χ2n) is 7.93. The number of imide groups is 1. The highest BCUT2D eigenvalue weighted by Gasteiger charge is 2.62. The van der Waals surface area contributed by atoms with Crippen molar-refractivity contribution >= 4 is 17.9 Å². The summed E-state index contributed by atoms with van der Waals surface area (Å²) in [7, 11) is 0. The summed E-state index contributed by atoms with van der Waals surface area (Å²) >= 11 is 0. The zero-order valence-corrected chi connectivity index (χ0v) is 16.0. The molecule has 3 amide bonds. The molecule has 1 aliphatic heterocycles. The van der Waals surface area contributed by atoms with Crippen molar-refractivity contribution in [3.63, 3.8) is 0 Å². The SMILES string of the molecule is O=C1NC(=O)C(CCCC(c2ccccc2)c2ccccc2)([C@H]2C[C@@H]2C(=O)O)N1. The number of carboxylic acid groups (broad SMARTS) is 1. The van der Waals surface area contributed by atoms with E-state index in [-0.39, 0.29) is 11.8 Å². The van der Waals surface area contributed by atoms with Crippen LogP contribution in [0.4, 0.5) is 4.79 Å². The molecule has 0 bridgehead atoms. The number of nitrogens with one attached hydrogen (secondary N) is 2. The van der Waals surface area contributed by atoms with Crippen LogP contribution in [0.3, 0.4) is 0 Å². The fourth-order valence-electron chi connectivity index (χ4n) is 4.62. The van der Waals surface area contributed by atoms with Crippen LogP contribution < -0.4 is 10.6 Å². The van der Waals surface area contributed by atoms with Gasteiger partial charge in [0.2, 0.25) is 0 Å². The topological polar surface area (TPSA) is 95.5 Å². The molecule has 0 radical (unpaired) electrons. The maximum Gasteiger partial charge on any atom is 0.322 e. The number of hydrogen-bond donors (Lipinski definition) is 3. The van der Waals surface area contributed by atoms with Crippen LogP contribution in [0.15, 0.2) is 60.7 Å². The molecular formula is C23H24N2O4. The van der Waals surface area contributed by atoms with Gasteiger partial charge in [-0.2, -0.15) is 0 Å². The molecule has 1 unspecified atom stereocenters. The third-order valence-corrected chi connectivity index (χ3v) is 6.18. The van der Waals surface area contributed by atoms with Crippen molar-refractivity contribution < 1.29 is 19.5 Å². The van der Waals surface area contributed by atoms with E-state index in [0.717, 1.165) is 6.42 Å². The lowest BCUT2D eigenvalue weighted by molar-refractivity contribution is -0.139. The van der Waals surface area contributed by atoms with Crippen LogP contribution in [0.5, 0.6) is 0 Å². The summed E-state index contributed by atoms with van der Waals surface area (Å²) in [5.41, 5.74) is 1.28. The minimum atomic E-state index is -1.11. The average Bonchev–Trinajstić information content (AvgIpc) is 3.48. The van der Waals surface area contributed by atoms with E-state index >= 15 is 0 Å². The van der Waals surface area contributed by atoms with Gasteiger partial charge in [0.1, 0.15) is 5.54 Å². The molecule has 1 heterocycles. The number of amides is 3. The smallest absolute Gasteiger partial charge is 0.322 e. The number of aliphatic carboxylic acids is 1. The molecule has 3 N–H and O–H groups in total. The van der Waals surface area contributed by atoms with Crippen molar-refractivity contribution in [3.8, 4) is 0 Å². The first-order valence-electron chi connectivity index (χ1n) is 9.97. The molecule has 0 aromatic heterocycles. The number of carbonyl (C=O) groups excluding carboxylic acids is 2. The van der Waals surface area contributed by atoms with E-state index in [9.17, 15) is 19.5 Å². The monoisotopic (exact) mass is 392 g/mol. The molecular weight excluding hydrogens is 368 g/mol. The van der Waals surface area contributed by atoms with Crippen LogP contribution >= 0.6 is 0 Å². The summed E-state index contributed by atoms with van der Waals surface area (Å²) in [6.07, 6.45) is 2.33. The molecule has 150 valence electrons. The quantitative estimate of drug-likeness (QED) is 0.601. The van der Waals surface area contributed by atoms with Gasteiger partial charge in [-0.05, 0) is 36.8 Å². The fourth-order valence-corrected chi connectivity index (χ4v) is 4.62. The zero-order chi connectivity index (χ0) is 20.4. The van der Waals surface area contributed by atoms with Crippen LogP contribution in [0.25, 0.3) is 0 Å². The lowest BCUT2D eigenvalue weighted by atomic mass is 9.82. The van der Waals surface area contributed by atoms with E-state index in [0.29, 0.717) is 19.3 Å². The molecule has 4 rings (SSSR count). The van der Waals surface area contributed by atoms with Gasteiger partial charge in [0.25, 0.3) is 5.91 Å². The van der Waals surface area contributed by atoms with Crippen LogP contribution in [0.1, 0.15) is 42.7 Å². The summed E-state index contributed by atoms with van der Waals surface area (Å²) in [6.45, 7) is 0. The third kappa shape index (κ3) is 3.75. The molecule has 2 aromatic rings. The van der Waals surface area contributed by atoms with Crippen LogP contribution in [-0.4, -0.2) is 28.6 Å². The Morgan fingerprint density at radius 3 is 2.07 bits per heavy atom. The number of hydrogen-bond acceptors (Lipinski definition) is 3. The molecule has 2 aliphatic rings. The molecule has 1 aliphatic carbocycles. The average molecular weight is 392 g/mol. The highest BCUT2D eigenvalue weighted by molar-refractivity contribution is 6.07. The van der Waals surface area contributed by atoms with Gasteiger partial charge < -0.3 is 10.4 Å². The molecule has 29 heavy (non-hydrogen) atoms. The second-order valence-corrected chi connectivity index (χ2v) is 7.93. The van der Waals surface area contributed by atoms with Crippen LogP contribution in [-0.2, 0) is 9.59 Å². The minimum absolute atomic E-state index is 0.170. The lowest BCUT2D eigenvalue weighted by Gasteiger charge is -2.27. The van der Waals surface area contributed by atoms with Gasteiger partial charge in [0.15, 0.2) is 0 Å². The van der Waals surface area contributed by atoms with E-state index < -0.39 is 29.4 Å². The predicted octanol–water partition coefficient (Wildman–Crippen LogP) is 3.29. The maximum atomic E-state index is 12.6.